The Morgan fingerprint density at radius 3 is 2.61 bits per heavy atom. The highest BCUT2D eigenvalue weighted by molar-refractivity contribution is 5.78. The van der Waals surface area contributed by atoms with E-state index in [9.17, 15) is 4.79 Å². The third-order valence-corrected chi connectivity index (χ3v) is 5.90. The SMILES string of the molecule is COc1ccc(-c2cccc([C@@H]3CCCN(CC(=O)N4CCCC4)C3)n2)cc1. The molecule has 2 fully saturated rings. The lowest BCUT2D eigenvalue weighted by Crippen LogP contribution is -2.43. The van der Waals surface area contributed by atoms with Gasteiger partial charge in [0, 0.05) is 36.8 Å². The number of methoxy groups -OCH3 is 1. The third-order valence-electron chi connectivity index (χ3n) is 5.90. The van der Waals surface area contributed by atoms with Gasteiger partial charge in [0.15, 0.2) is 0 Å². The zero-order valence-corrected chi connectivity index (χ0v) is 16.6. The molecular weight excluding hydrogens is 350 g/mol. The number of hydrogen-bond acceptors (Lipinski definition) is 4. The number of carbonyl (C=O) groups is 1. The van der Waals surface area contributed by atoms with E-state index in [1.54, 1.807) is 7.11 Å². The number of nitrogens with zero attached hydrogens (tertiary/aromatic N) is 3. The van der Waals surface area contributed by atoms with Gasteiger partial charge in [-0.3, -0.25) is 14.7 Å². The lowest BCUT2D eigenvalue weighted by Gasteiger charge is -2.33. The fourth-order valence-electron chi connectivity index (χ4n) is 4.30. The first kappa shape index (κ1) is 18.9. The van der Waals surface area contributed by atoms with Gasteiger partial charge in [0.2, 0.25) is 5.91 Å². The van der Waals surface area contributed by atoms with Crippen molar-refractivity contribution in [2.45, 2.75) is 31.6 Å². The van der Waals surface area contributed by atoms with Gasteiger partial charge in [-0.1, -0.05) is 6.07 Å². The van der Waals surface area contributed by atoms with Crippen molar-refractivity contribution in [3.05, 3.63) is 48.2 Å². The van der Waals surface area contributed by atoms with Gasteiger partial charge in [0.25, 0.3) is 0 Å². The summed E-state index contributed by atoms with van der Waals surface area (Å²) in [5.74, 6) is 1.53. The van der Waals surface area contributed by atoms with E-state index in [4.69, 9.17) is 9.72 Å². The Balaban J connectivity index is 1.43. The molecule has 0 radical (unpaired) electrons. The number of pyridine rings is 1. The number of benzene rings is 1. The summed E-state index contributed by atoms with van der Waals surface area (Å²) in [4.78, 5) is 21.8. The number of likely N-dealkylation sites (tertiary alicyclic amines) is 2. The normalized spacial score (nSPS) is 20.3. The topological polar surface area (TPSA) is 45.7 Å². The van der Waals surface area contributed by atoms with Crippen molar-refractivity contribution in [1.29, 1.82) is 0 Å². The fourth-order valence-corrected chi connectivity index (χ4v) is 4.30. The number of ether oxygens (including phenoxy) is 1. The maximum atomic E-state index is 12.5. The van der Waals surface area contributed by atoms with Crippen LogP contribution in [0, 0.1) is 0 Å². The van der Waals surface area contributed by atoms with E-state index >= 15 is 0 Å². The van der Waals surface area contributed by atoms with E-state index in [2.05, 4.69) is 23.1 Å². The number of amides is 1. The van der Waals surface area contributed by atoms with Crippen LogP contribution in [0.3, 0.4) is 0 Å². The van der Waals surface area contributed by atoms with Gasteiger partial charge < -0.3 is 9.64 Å². The minimum atomic E-state index is 0.290. The molecule has 5 nitrogen and oxygen atoms in total. The molecule has 4 rings (SSSR count). The molecule has 2 aliphatic rings. The van der Waals surface area contributed by atoms with Gasteiger partial charge in [0.1, 0.15) is 5.75 Å². The van der Waals surface area contributed by atoms with Crippen molar-refractivity contribution in [3.8, 4) is 17.0 Å². The lowest BCUT2D eigenvalue weighted by molar-refractivity contribution is -0.131. The monoisotopic (exact) mass is 379 g/mol. The van der Waals surface area contributed by atoms with Gasteiger partial charge in [-0.25, -0.2) is 0 Å². The van der Waals surface area contributed by atoms with Gasteiger partial charge in [-0.2, -0.15) is 0 Å². The molecule has 5 heteroatoms. The molecule has 0 N–H and O–H groups in total. The Morgan fingerprint density at radius 1 is 1.07 bits per heavy atom. The van der Waals surface area contributed by atoms with Crippen molar-refractivity contribution < 1.29 is 9.53 Å². The molecule has 2 saturated heterocycles. The predicted molar refractivity (Wildman–Crippen MR) is 110 cm³/mol. The van der Waals surface area contributed by atoms with Crippen LogP contribution in [0.1, 0.15) is 37.3 Å². The standard InChI is InChI=1S/C23H29N3O2/c1-28-20-11-9-18(10-12-20)21-7-4-8-22(24-21)19-6-5-13-25(16-19)17-23(27)26-14-2-3-15-26/h4,7-12,19H,2-3,5-6,13-17H2,1H3/t19-/m1/s1. The van der Waals surface area contributed by atoms with Crippen LogP contribution in [-0.2, 0) is 4.79 Å². The highest BCUT2D eigenvalue weighted by Crippen LogP contribution is 2.28. The van der Waals surface area contributed by atoms with Crippen LogP contribution in [0.4, 0.5) is 0 Å². The van der Waals surface area contributed by atoms with E-state index in [-0.39, 0.29) is 5.91 Å². The number of hydrogen-bond donors (Lipinski definition) is 0. The van der Waals surface area contributed by atoms with Crippen LogP contribution in [-0.4, -0.2) is 60.5 Å². The molecule has 1 amide bonds. The number of aromatic nitrogens is 1. The molecule has 28 heavy (non-hydrogen) atoms. The van der Waals surface area contributed by atoms with Gasteiger partial charge >= 0.3 is 0 Å². The molecule has 1 aromatic carbocycles. The van der Waals surface area contributed by atoms with Crippen LogP contribution in [0.2, 0.25) is 0 Å². The van der Waals surface area contributed by atoms with Crippen LogP contribution in [0.15, 0.2) is 42.5 Å². The van der Waals surface area contributed by atoms with Crippen LogP contribution < -0.4 is 4.74 Å². The van der Waals surface area contributed by atoms with Crippen molar-refractivity contribution in [2.24, 2.45) is 0 Å². The van der Waals surface area contributed by atoms with E-state index in [0.29, 0.717) is 12.5 Å². The summed E-state index contributed by atoms with van der Waals surface area (Å²) < 4.78 is 5.25. The summed E-state index contributed by atoms with van der Waals surface area (Å²) in [6.45, 7) is 4.34. The van der Waals surface area contributed by atoms with E-state index in [0.717, 1.165) is 74.6 Å². The van der Waals surface area contributed by atoms with Gasteiger partial charge in [-0.05, 0) is 68.6 Å². The van der Waals surface area contributed by atoms with Crippen LogP contribution in [0.25, 0.3) is 11.3 Å². The minimum absolute atomic E-state index is 0.290. The molecule has 148 valence electrons. The molecule has 2 aromatic rings. The van der Waals surface area contributed by atoms with E-state index in [1.165, 1.54) is 0 Å². The maximum absolute atomic E-state index is 12.5. The quantitative estimate of drug-likeness (QED) is 0.797. The highest BCUT2D eigenvalue weighted by Gasteiger charge is 2.26. The van der Waals surface area contributed by atoms with Crippen molar-refractivity contribution in [1.82, 2.24) is 14.8 Å². The second-order valence-corrected chi connectivity index (χ2v) is 7.84. The molecule has 0 aliphatic carbocycles. The van der Waals surface area contributed by atoms with Gasteiger partial charge in [-0.15, -0.1) is 0 Å². The van der Waals surface area contributed by atoms with Gasteiger partial charge in [0.05, 0.1) is 19.3 Å². The Hall–Kier alpha value is -2.40. The highest BCUT2D eigenvalue weighted by atomic mass is 16.5. The summed E-state index contributed by atoms with van der Waals surface area (Å²) in [5.41, 5.74) is 3.22. The second kappa shape index (κ2) is 8.74. The molecule has 2 aliphatic heterocycles. The Labute approximate surface area is 167 Å². The Kier molecular flexibility index (Phi) is 5.91. The van der Waals surface area contributed by atoms with Crippen LogP contribution >= 0.6 is 0 Å². The summed E-state index contributed by atoms with van der Waals surface area (Å²) >= 11 is 0. The molecule has 0 saturated carbocycles. The average molecular weight is 380 g/mol. The zero-order chi connectivity index (χ0) is 19.3. The fraction of sp³-hybridized carbons (Fsp3) is 0.478. The number of piperidine rings is 1. The molecule has 0 unspecified atom stereocenters. The van der Waals surface area contributed by atoms with E-state index < -0.39 is 0 Å². The third kappa shape index (κ3) is 4.36. The second-order valence-electron chi connectivity index (χ2n) is 7.84. The molecule has 0 spiro atoms. The first-order valence-corrected chi connectivity index (χ1v) is 10.3. The molecule has 0 bridgehead atoms. The Morgan fingerprint density at radius 2 is 1.86 bits per heavy atom. The molecule has 1 aromatic heterocycles. The first-order valence-electron chi connectivity index (χ1n) is 10.3. The molecule has 1 atom stereocenters. The lowest BCUT2D eigenvalue weighted by atomic mass is 9.93. The minimum Gasteiger partial charge on any atom is -0.497 e. The smallest absolute Gasteiger partial charge is 0.236 e. The molecule has 3 heterocycles. The summed E-state index contributed by atoms with van der Waals surface area (Å²) in [7, 11) is 1.68. The van der Waals surface area contributed by atoms with Crippen molar-refractivity contribution >= 4 is 5.91 Å². The predicted octanol–water partition coefficient (Wildman–Crippen LogP) is 3.56. The first-order chi connectivity index (χ1) is 13.7. The van der Waals surface area contributed by atoms with Crippen molar-refractivity contribution in [2.75, 3.05) is 39.8 Å². The van der Waals surface area contributed by atoms with E-state index in [1.807, 2.05) is 29.2 Å². The average Bonchev–Trinajstić information content (AvgIpc) is 3.29. The number of rotatable bonds is 5. The zero-order valence-electron chi connectivity index (χ0n) is 16.6. The Bertz CT molecular complexity index is 800. The van der Waals surface area contributed by atoms with Crippen LogP contribution in [0.5, 0.6) is 5.75 Å². The maximum Gasteiger partial charge on any atom is 0.236 e. The molecular formula is C23H29N3O2. The summed E-state index contributed by atoms with van der Waals surface area (Å²) in [6, 6.07) is 14.3. The summed E-state index contributed by atoms with van der Waals surface area (Å²) in [6.07, 6.45) is 4.55. The van der Waals surface area contributed by atoms with Crippen molar-refractivity contribution in [3.63, 3.8) is 0 Å². The summed E-state index contributed by atoms with van der Waals surface area (Å²) in [5, 5.41) is 0. The number of carbonyl (C=O) groups excluding carboxylic acids is 1. The largest absolute Gasteiger partial charge is 0.497 e.